The molecule has 1 fully saturated rings. The number of carbonyl (C=O) groups excluding carboxylic acids is 1. The summed E-state index contributed by atoms with van der Waals surface area (Å²) in [5.41, 5.74) is -0.597. The van der Waals surface area contributed by atoms with Gasteiger partial charge in [-0.05, 0) is 24.6 Å². The Morgan fingerprint density at radius 2 is 2.23 bits per heavy atom. The summed E-state index contributed by atoms with van der Waals surface area (Å²) in [7, 11) is 0. The van der Waals surface area contributed by atoms with Gasteiger partial charge in [-0.1, -0.05) is 29.4 Å². The van der Waals surface area contributed by atoms with Gasteiger partial charge in [-0.25, -0.2) is 14.2 Å². The minimum absolute atomic E-state index is 0.0479. The molecule has 2 aromatic rings. The molecule has 1 aromatic carbocycles. The van der Waals surface area contributed by atoms with Crippen molar-refractivity contribution in [2.45, 2.75) is 24.2 Å². The van der Waals surface area contributed by atoms with E-state index >= 15 is 0 Å². The second kappa shape index (κ2) is 7.28. The van der Waals surface area contributed by atoms with Crippen LogP contribution in [0.4, 0.5) is 4.39 Å². The molecule has 0 aliphatic carbocycles. The fourth-order valence-corrected chi connectivity index (χ4v) is 3.85. The number of aromatic nitrogens is 2. The van der Waals surface area contributed by atoms with Gasteiger partial charge in [-0.2, -0.15) is 0 Å². The van der Waals surface area contributed by atoms with Gasteiger partial charge in [0, 0.05) is 30.4 Å². The summed E-state index contributed by atoms with van der Waals surface area (Å²) in [5.74, 6) is -1.78. The van der Waals surface area contributed by atoms with Gasteiger partial charge in [-0.3, -0.25) is 9.36 Å². The number of nitrogens with zero attached hydrogens (tertiary/aromatic N) is 3. The Labute approximate surface area is 159 Å². The number of thioether (sulfide) groups is 1. The van der Waals surface area contributed by atoms with Crippen LogP contribution in [0.1, 0.15) is 12.0 Å². The maximum Gasteiger partial charge on any atom is 0.343 e. The van der Waals surface area contributed by atoms with Crippen LogP contribution in [0.3, 0.4) is 0 Å². The quantitative estimate of drug-likeness (QED) is 0.785. The number of imidazole rings is 1. The number of likely N-dealkylation sites (tertiary alicyclic amines) is 1. The molecule has 0 bridgehead atoms. The van der Waals surface area contributed by atoms with Crippen molar-refractivity contribution in [3.63, 3.8) is 0 Å². The highest BCUT2D eigenvalue weighted by molar-refractivity contribution is 7.99. The largest absolute Gasteiger partial charge is 0.479 e. The second-order valence-corrected chi connectivity index (χ2v) is 7.44. The zero-order valence-electron chi connectivity index (χ0n) is 14.0. The van der Waals surface area contributed by atoms with Crippen molar-refractivity contribution in [3.05, 3.63) is 41.2 Å². The van der Waals surface area contributed by atoms with E-state index < -0.39 is 18.2 Å². The third kappa shape index (κ3) is 3.57. The molecule has 0 spiro atoms. The fourth-order valence-electron chi connectivity index (χ4n) is 2.81. The Bertz CT molecular complexity index is 860. The Balaban J connectivity index is 1.68. The number of hydrogen-bond donors (Lipinski definition) is 1. The van der Waals surface area contributed by atoms with E-state index in [0.717, 1.165) is 11.3 Å². The highest BCUT2D eigenvalue weighted by Gasteiger charge is 2.46. The van der Waals surface area contributed by atoms with Gasteiger partial charge in [0.15, 0.2) is 5.16 Å². The average molecular weight is 398 g/mol. The van der Waals surface area contributed by atoms with Gasteiger partial charge in [0.05, 0.1) is 18.0 Å². The number of carbonyl (C=O) groups is 2. The molecule has 3 rings (SSSR count). The van der Waals surface area contributed by atoms with Crippen molar-refractivity contribution in [2.24, 2.45) is 0 Å². The summed E-state index contributed by atoms with van der Waals surface area (Å²) >= 11 is 7.38. The Morgan fingerprint density at radius 1 is 1.46 bits per heavy atom. The Morgan fingerprint density at radius 3 is 2.92 bits per heavy atom. The van der Waals surface area contributed by atoms with Crippen LogP contribution >= 0.6 is 23.4 Å². The van der Waals surface area contributed by atoms with Crippen LogP contribution in [0.5, 0.6) is 0 Å². The van der Waals surface area contributed by atoms with Crippen LogP contribution in [0, 0.1) is 6.92 Å². The molecular formula is C17H17ClFN3O3S. The van der Waals surface area contributed by atoms with Crippen molar-refractivity contribution < 1.29 is 19.1 Å². The third-order valence-corrected chi connectivity index (χ3v) is 5.75. The van der Waals surface area contributed by atoms with Gasteiger partial charge in [0.2, 0.25) is 11.6 Å². The molecule has 1 unspecified atom stereocenters. The number of rotatable bonds is 5. The number of carboxylic acid groups (broad SMARTS) is 1. The number of hydrogen-bond acceptors (Lipinski definition) is 4. The first-order valence-electron chi connectivity index (χ1n) is 7.93. The number of aliphatic carboxylic acids is 1. The number of benzene rings is 1. The first-order chi connectivity index (χ1) is 12.3. The molecule has 2 heterocycles. The lowest BCUT2D eigenvalue weighted by Gasteiger charge is -2.17. The average Bonchev–Trinajstić information content (AvgIpc) is 3.23. The van der Waals surface area contributed by atoms with Gasteiger partial charge >= 0.3 is 5.97 Å². The monoisotopic (exact) mass is 397 g/mol. The molecule has 1 aliphatic heterocycles. The first-order valence-corrected chi connectivity index (χ1v) is 9.30. The van der Waals surface area contributed by atoms with Crippen LogP contribution < -0.4 is 0 Å². The van der Waals surface area contributed by atoms with Crippen molar-refractivity contribution in [1.29, 1.82) is 0 Å². The van der Waals surface area contributed by atoms with Crippen LogP contribution in [-0.4, -0.2) is 55.9 Å². The van der Waals surface area contributed by atoms with E-state index in [9.17, 15) is 14.0 Å². The SMILES string of the molecule is Cc1c(Cl)cccc1-n1ccnc1SCC(=O)N1CCC(F)(C(=O)O)C1. The number of amides is 1. The minimum atomic E-state index is -2.35. The summed E-state index contributed by atoms with van der Waals surface area (Å²) in [6.45, 7) is 1.59. The second-order valence-electron chi connectivity index (χ2n) is 6.09. The van der Waals surface area contributed by atoms with Crippen molar-refractivity contribution >= 4 is 35.2 Å². The maximum absolute atomic E-state index is 14.1. The lowest BCUT2D eigenvalue weighted by molar-refractivity contribution is -0.150. The van der Waals surface area contributed by atoms with Crippen LogP contribution in [0.25, 0.3) is 5.69 Å². The summed E-state index contributed by atoms with van der Waals surface area (Å²) < 4.78 is 15.9. The predicted molar refractivity (Wildman–Crippen MR) is 96.7 cm³/mol. The van der Waals surface area contributed by atoms with E-state index in [0.29, 0.717) is 10.2 Å². The summed E-state index contributed by atoms with van der Waals surface area (Å²) in [4.78, 5) is 28.8. The van der Waals surface area contributed by atoms with Gasteiger partial charge < -0.3 is 10.0 Å². The fraction of sp³-hybridized carbons (Fsp3) is 0.353. The van der Waals surface area contributed by atoms with E-state index in [2.05, 4.69) is 4.98 Å². The van der Waals surface area contributed by atoms with E-state index in [1.807, 2.05) is 23.6 Å². The molecule has 138 valence electrons. The van der Waals surface area contributed by atoms with E-state index in [4.69, 9.17) is 16.7 Å². The molecule has 1 N–H and O–H groups in total. The van der Waals surface area contributed by atoms with E-state index in [-0.39, 0.29) is 24.6 Å². The molecule has 0 radical (unpaired) electrons. The molecule has 0 saturated carbocycles. The number of halogens is 2. The van der Waals surface area contributed by atoms with Crippen molar-refractivity contribution in [1.82, 2.24) is 14.5 Å². The van der Waals surface area contributed by atoms with E-state index in [1.165, 1.54) is 16.7 Å². The highest BCUT2D eigenvalue weighted by Crippen LogP contribution is 2.29. The number of carboxylic acids is 1. The van der Waals surface area contributed by atoms with Gasteiger partial charge in [-0.15, -0.1) is 0 Å². The smallest absolute Gasteiger partial charge is 0.343 e. The Hall–Kier alpha value is -2.06. The van der Waals surface area contributed by atoms with Crippen molar-refractivity contribution in [3.8, 4) is 5.69 Å². The molecule has 6 nitrogen and oxygen atoms in total. The molecule has 1 saturated heterocycles. The van der Waals surface area contributed by atoms with Crippen molar-refractivity contribution in [2.75, 3.05) is 18.8 Å². The molecule has 1 atom stereocenters. The summed E-state index contributed by atoms with van der Waals surface area (Å²) in [5, 5.41) is 10.2. The van der Waals surface area contributed by atoms with Crippen LogP contribution in [0.15, 0.2) is 35.7 Å². The third-order valence-electron chi connectivity index (χ3n) is 4.39. The minimum Gasteiger partial charge on any atom is -0.479 e. The molecular weight excluding hydrogens is 381 g/mol. The summed E-state index contributed by atoms with van der Waals surface area (Å²) in [6, 6.07) is 5.54. The molecule has 9 heteroatoms. The highest BCUT2D eigenvalue weighted by atomic mass is 35.5. The van der Waals surface area contributed by atoms with E-state index in [1.54, 1.807) is 18.5 Å². The van der Waals surface area contributed by atoms with Crippen LogP contribution in [-0.2, 0) is 9.59 Å². The van der Waals surface area contributed by atoms with Gasteiger partial charge in [0.1, 0.15) is 0 Å². The van der Waals surface area contributed by atoms with Gasteiger partial charge in [0.25, 0.3) is 0 Å². The number of alkyl halides is 1. The zero-order valence-corrected chi connectivity index (χ0v) is 15.6. The maximum atomic E-state index is 14.1. The lowest BCUT2D eigenvalue weighted by atomic mass is 10.1. The standard InChI is InChI=1S/C17H17ClFN3O3S/c1-11-12(18)3-2-4-13(11)22-8-6-20-16(22)26-9-14(23)21-7-5-17(19,10-21)15(24)25/h2-4,6,8H,5,7,9-10H2,1H3,(H,24,25). The molecule has 1 aliphatic rings. The molecule has 1 aromatic heterocycles. The summed E-state index contributed by atoms with van der Waals surface area (Å²) in [6.07, 6.45) is 3.22. The first kappa shape index (κ1) is 18.7. The topological polar surface area (TPSA) is 75.4 Å². The zero-order chi connectivity index (χ0) is 18.9. The lowest BCUT2D eigenvalue weighted by Crippen LogP contribution is -2.39. The Kier molecular flexibility index (Phi) is 5.24. The molecule has 26 heavy (non-hydrogen) atoms. The van der Waals surface area contributed by atoms with Crippen LogP contribution in [0.2, 0.25) is 5.02 Å². The molecule has 1 amide bonds. The normalized spacial score (nSPS) is 19.7. The predicted octanol–water partition coefficient (Wildman–Crippen LogP) is 2.95.